The Labute approximate surface area is 111 Å². The fourth-order valence-corrected chi connectivity index (χ4v) is 3.21. The molecule has 0 aliphatic carbocycles. The van der Waals surface area contributed by atoms with Crippen molar-refractivity contribution in [3.63, 3.8) is 0 Å². The maximum atomic E-state index is 6.08. The van der Waals surface area contributed by atoms with E-state index in [9.17, 15) is 0 Å². The molecule has 17 heavy (non-hydrogen) atoms. The molecule has 0 saturated carbocycles. The fraction of sp³-hybridized carbons (Fsp3) is 0.667. The van der Waals surface area contributed by atoms with Crippen molar-refractivity contribution in [3.8, 4) is 0 Å². The van der Waals surface area contributed by atoms with Crippen molar-refractivity contribution >= 4 is 23.5 Å². The lowest BCUT2D eigenvalue weighted by atomic mass is 10.5. The van der Waals surface area contributed by atoms with Gasteiger partial charge in [0.05, 0.1) is 13.2 Å². The highest BCUT2D eigenvalue weighted by atomic mass is 32.2. The van der Waals surface area contributed by atoms with Gasteiger partial charge in [-0.2, -0.15) is 0 Å². The predicted octanol–water partition coefficient (Wildman–Crippen LogP) is 2.29. The lowest BCUT2D eigenvalue weighted by Gasteiger charge is -2.21. The van der Waals surface area contributed by atoms with Crippen molar-refractivity contribution in [2.45, 2.75) is 23.1 Å². The smallest absolute Gasteiger partial charge is 0.133 e. The van der Waals surface area contributed by atoms with Crippen LogP contribution in [0.4, 0.5) is 0 Å². The second-order valence-corrected chi connectivity index (χ2v) is 6.12. The average molecular weight is 274 g/mol. The summed E-state index contributed by atoms with van der Waals surface area (Å²) in [6.45, 7) is 9.07. The van der Waals surface area contributed by atoms with E-state index < -0.39 is 0 Å². The molecule has 0 radical (unpaired) electrons. The molecule has 2 aliphatic heterocycles. The summed E-state index contributed by atoms with van der Waals surface area (Å²) in [4.78, 5) is 0. The van der Waals surface area contributed by atoms with E-state index in [0.29, 0.717) is 0 Å². The molecule has 5 heteroatoms. The molecular weight excluding hydrogens is 256 g/mol. The number of thioether (sulfide) groups is 2. The molecule has 0 amide bonds. The van der Waals surface area contributed by atoms with Crippen molar-refractivity contribution in [3.05, 3.63) is 25.3 Å². The molecule has 2 heterocycles. The lowest BCUT2D eigenvalue weighted by molar-refractivity contribution is 0.0577. The van der Waals surface area contributed by atoms with Crippen LogP contribution >= 0.6 is 23.5 Å². The molecule has 3 nitrogen and oxygen atoms in total. The van der Waals surface area contributed by atoms with Crippen LogP contribution in [-0.4, -0.2) is 47.8 Å². The maximum Gasteiger partial charge on any atom is 0.133 e. The SMILES string of the molecule is C=CCSC(OC(SCC=C)C1CO1)C1CO1. The van der Waals surface area contributed by atoms with E-state index in [0.717, 1.165) is 24.7 Å². The van der Waals surface area contributed by atoms with Crippen LogP contribution in [0.2, 0.25) is 0 Å². The van der Waals surface area contributed by atoms with E-state index >= 15 is 0 Å². The van der Waals surface area contributed by atoms with E-state index in [1.165, 1.54) is 0 Å². The van der Waals surface area contributed by atoms with Gasteiger partial charge in [0.1, 0.15) is 23.1 Å². The Morgan fingerprint density at radius 2 is 1.47 bits per heavy atom. The summed E-state index contributed by atoms with van der Waals surface area (Å²) in [5.41, 5.74) is 0.194. The molecule has 0 aromatic heterocycles. The maximum absolute atomic E-state index is 6.08. The van der Waals surface area contributed by atoms with Gasteiger partial charge in [0, 0.05) is 11.5 Å². The number of ether oxygens (including phenoxy) is 3. The molecule has 2 saturated heterocycles. The summed E-state index contributed by atoms with van der Waals surface area (Å²) in [5.74, 6) is 1.77. The zero-order valence-corrected chi connectivity index (χ0v) is 11.4. The molecule has 0 N–H and O–H groups in total. The van der Waals surface area contributed by atoms with Crippen molar-refractivity contribution in [2.75, 3.05) is 24.7 Å². The molecule has 0 aromatic carbocycles. The van der Waals surface area contributed by atoms with Gasteiger partial charge in [0.2, 0.25) is 0 Å². The number of epoxide rings is 2. The summed E-state index contributed by atoms with van der Waals surface area (Å²) in [6.07, 6.45) is 4.27. The standard InChI is InChI=1S/C12H18O3S2/c1-3-5-16-11(9-7-13-9)15-12(10-8-14-10)17-6-4-2/h3-4,9-12H,1-2,5-8H2. The van der Waals surface area contributed by atoms with Crippen LogP contribution in [0, 0.1) is 0 Å². The Kier molecular flexibility index (Phi) is 5.44. The topological polar surface area (TPSA) is 34.3 Å². The van der Waals surface area contributed by atoms with E-state index in [-0.39, 0.29) is 23.1 Å². The summed E-state index contributed by atoms with van der Waals surface area (Å²) in [6, 6.07) is 0. The van der Waals surface area contributed by atoms with E-state index in [1.807, 2.05) is 12.2 Å². The number of hydrogen-bond acceptors (Lipinski definition) is 5. The van der Waals surface area contributed by atoms with Crippen molar-refractivity contribution in [1.82, 2.24) is 0 Å². The summed E-state index contributed by atoms with van der Waals surface area (Å²) in [5, 5.41) is 0. The van der Waals surface area contributed by atoms with Crippen molar-refractivity contribution in [1.29, 1.82) is 0 Å². The third kappa shape index (κ3) is 4.67. The Balaban J connectivity index is 1.79. The molecular formula is C12H18O3S2. The second kappa shape index (κ2) is 6.85. The third-order valence-corrected chi connectivity index (χ3v) is 4.69. The van der Waals surface area contributed by atoms with Gasteiger partial charge in [-0.1, -0.05) is 12.2 Å². The van der Waals surface area contributed by atoms with Gasteiger partial charge in [-0.05, 0) is 0 Å². The van der Waals surface area contributed by atoms with Gasteiger partial charge in [0.25, 0.3) is 0 Å². The molecule has 0 spiro atoms. The van der Waals surface area contributed by atoms with Gasteiger partial charge in [0.15, 0.2) is 0 Å². The molecule has 4 atom stereocenters. The minimum Gasteiger partial charge on any atom is -0.369 e. The largest absolute Gasteiger partial charge is 0.369 e. The molecule has 2 fully saturated rings. The molecule has 2 rings (SSSR count). The van der Waals surface area contributed by atoms with Gasteiger partial charge < -0.3 is 14.2 Å². The van der Waals surface area contributed by atoms with Crippen molar-refractivity contribution < 1.29 is 14.2 Å². The van der Waals surface area contributed by atoms with Crippen LogP contribution in [-0.2, 0) is 14.2 Å². The van der Waals surface area contributed by atoms with Crippen LogP contribution in [0.15, 0.2) is 25.3 Å². The summed E-state index contributed by atoms with van der Waals surface area (Å²) >= 11 is 3.48. The van der Waals surface area contributed by atoms with E-state index in [1.54, 1.807) is 23.5 Å². The molecule has 96 valence electrons. The third-order valence-electron chi connectivity index (χ3n) is 2.35. The Bertz CT molecular complexity index is 238. The van der Waals surface area contributed by atoms with Gasteiger partial charge >= 0.3 is 0 Å². The van der Waals surface area contributed by atoms with Crippen LogP contribution in [0.3, 0.4) is 0 Å². The van der Waals surface area contributed by atoms with Gasteiger partial charge in [-0.25, -0.2) is 0 Å². The van der Waals surface area contributed by atoms with Gasteiger partial charge in [-0.3, -0.25) is 0 Å². The first-order valence-corrected chi connectivity index (χ1v) is 7.78. The quantitative estimate of drug-likeness (QED) is 0.347. The average Bonchev–Trinajstić information content (AvgIpc) is 3.18. The van der Waals surface area contributed by atoms with Crippen LogP contribution in [0.1, 0.15) is 0 Å². The monoisotopic (exact) mass is 274 g/mol. The summed E-state index contributed by atoms with van der Waals surface area (Å²) in [7, 11) is 0. The second-order valence-electron chi connectivity index (χ2n) is 3.86. The number of rotatable bonds is 10. The minimum absolute atomic E-state index is 0.0968. The Hall–Kier alpha value is 0.0600. The Morgan fingerprint density at radius 1 is 1.06 bits per heavy atom. The Morgan fingerprint density at radius 3 is 1.76 bits per heavy atom. The van der Waals surface area contributed by atoms with Crippen LogP contribution < -0.4 is 0 Å². The highest BCUT2D eigenvalue weighted by Crippen LogP contribution is 2.34. The normalized spacial score (nSPS) is 29.4. The first-order valence-electron chi connectivity index (χ1n) is 5.69. The fourth-order valence-electron chi connectivity index (χ4n) is 1.35. The number of hydrogen-bond donors (Lipinski definition) is 0. The van der Waals surface area contributed by atoms with E-state index in [4.69, 9.17) is 14.2 Å². The van der Waals surface area contributed by atoms with Crippen LogP contribution in [0.25, 0.3) is 0 Å². The molecule has 0 bridgehead atoms. The lowest BCUT2D eigenvalue weighted by Crippen LogP contribution is -2.26. The molecule has 0 aromatic rings. The highest BCUT2D eigenvalue weighted by molar-refractivity contribution is 8.00. The van der Waals surface area contributed by atoms with E-state index in [2.05, 4.69) is 13.2 Å². The molecule has 2 aliphatic rings. The highest BCUT2D eigenvalue weighted by Gasteiger charge is 2.40. The summed E-state index contributed by atoms with van der Waals surface area (Å²) < 4.78 is 16.7. The van der Waals surface area contributed by atoms with Crippen LogP contribution in [0.5, 0.6) is 0 Å². The predicted molar refractivity (Wildman–Crippen MR) is 73.5 cm³/mol. The van der Waals surface area contributed by atoms with Gasteiger partial charge in [-0.15, -0.1) is 36.7 Å². The molecule has 4 unspecified atom stereocenters. The zero-order chi connectivity index (χ0) is 12.1. The van der Waals surface area contributed by atoms with Crippen molar-refractivity contribution in [2.24, 2.45) is 0 Å². The first kappa shape index (κ1) is 13.5. The first-order chi connectivity index (χ1) is 8.35. The minimum atomic E-state index is 0.0968. The zero-order valence-electron chi connectivity index (χ0n) is 9.75.